The molecular weight excluding hydrogens is 500 g/mol. The van der Waals surface area contributed by atoms with E-state index < -0.39 is 10.0 Å². The molecule has 0 atom stereocenters. The van der Waals surface area contributed by atoms with E-state index in [0.717, 1.165) is 33.6 Å². The Hall–Kier alpha value is -3.60. The maximum Gasteiger partial charge on any atom is 0.243 e. The second-order valence-electron chi connectivity index (χ2n) is 8.72. The number of aromatic nitrogens is 5. The maximum absolute atomic E-state index is 13.3. The predicted octanol–water partition coefficient (Wildman–Crippen LogP) is 4.47. The quantitative estimate of drug-likeness (QED) is 0.342. The molecule has 182 valence electrons. The first-order chi connectivity index (χ1) is 17.5. The number of piperidine rings is 1. The highest BCUT2D eigenvalue weighted by Gasteiger charge is 2.32. The fourth-order valence-electron chi connectivity index (χ4n) is 4.80. The van der Waals surface area contributed by atoms with Crippen molar-refractivity contribution in [2.24, 2.45) is 0 Å². The van der Waals surface area contributed by atoms with Crippen LogP contribution in [-0.4, -0.2) is 56.6 Å². The Balaban J connectivity index is 1.32. The number of fused-ring (bicyclic) bond motifs is 2. The van der Waals surface area contributed by atoms with Gasteiger partial charge < -0.3 is 9.55 Å². The van der Waals surface area contributed by atoms with Crippen LogP contribution in [0.15, 0.2) is 66.0 Å². The summed E-state index contributed by atoms with van der Waals surface area (Å²) in [5, 5.41) is 0.121. The molecule has 0 saturated carbocycles. The lowest BCUT2D eigenvalue weighted by Crippen LogP contribution is -2.39. The van der Waals surface area contributed by atoms with Crippen molar-refractivity contribution in [3.8, 4) is 11.4 Å². The lowest BCUT2D eigenvalue weighted by molar-refractivity contribution is 0.112. The molecule has 11 heteroatoms. The van der Waals surface area contributed by atoms with Crippen LogP contribution in [0, 0.1) is 0 Å². The highest BCUT2D eigenvalue weighted by atomic mass is 35.5. The molecule has 0 amide bonds. The van der Waals surface area contributed by atoms with Gasteiger partial charge in [0, 0.05) is 36.5 Å². The number of carbonyl (C=O) groups is 1. The second kappa shape index (κ2) is 8.81. The van der Waals surface area contributed by atoms with Gasteiger partial charge in [-0.15, -0.1) is 0 Å². The SMILES string of the molecule is O=Cc1ccc(S(=O)(=O)N2CCC(n3c(-c4ccc5[nH]cnc5c4)nc4cccnc43)CC2)cc1Cl. The average molecular weight is 521 g/mol. The minimum Gasteiger partial charge on any atom is -0.345 e. The summed E-state index contributed by atoms with van der Waals surface area (Å²) in [5.74, 6) is 0.783. The van der Waals surface area contributed by atoms with Crippen molar-refractivity contribution in [1.29, 1.82) is 0 Å². The zero-order valence-corrected chi connectivity index (χ0v) is 20.6. The van der Waals surface area contributed by atoms with Crippen LogP contribution in [0.3, 0.4) is 0 Å². The molecule has 1 fully saturated rings. The summed E-state index contributed by atoms with van der Waals surface area (Å²) in [6.45, 7) is 0.675. The molecule has 1 saturated heterocycles. The van der Waals surface area contributed by atoms with E-state index in [4.69, 9.17) is 16.6 Å². The number of nitrogens with one attached hydrogen (secondary N) is 1. The molecule has 0 bridgehead atoms. The summed E-state index contributed by atoms with van der Waals surface area (Å²) >= 11 is 6.09. The Morgan fingerprint density at radius 2 is 1.86 bits per heavy atom. The molecule has 4 heterocycles. The van der Waals surface area contributed by atoms with Gasteiger partial charge in [0.2, 0.25) is 10.0 Å². The number of imidazole rings is 2. The van der Waals surface area contributed by atoms with Crippen LogP contribution in [0.5, 0.6) is 0 Å². The van der Waals surface area contributed by atoms with Gasteiger partial charge in [-0.25, -0.2) is 23.4 Å². The molecule has 1 aliphatic heterocycles. The van der Waals surface area contributed by atoms with Crippen LogP contribution in [-0.2, 0) is 10.0 Å². The molecule has 1 N–H and O–H groups in total. The van der Waals surface area contributed by atoms with E-state index >= 15 is 0 Å². The van der Waals surface area contributed by atoms with Crippen LogP contribution in [0.25, 0.3) is 33.6 Å². The van der Waals surface area contributed by atoms with Gasteiger partial charge in [-0.3, -0.25) is 4.79 Å². The van der Waals surface area contributed by atoms with Crippen LogP contribution >= 0.6 is 11.6 Å². The first kappa shape index (κ1) is 22.8. The van der Waals surface area contributed by atoms with Crippen molar-refractivity contribution in [2.45, 2.75) is 23.8 Å². The number of rotatable bonds is 5. The van der Waals surface area contributed by atoms with Crippen LogP contribution in [0.2, 0.25) is 5.02 Å². The largest absolute Gasteiger partial charge is 0.345 e. The standard InChI is InChI=1S/C25H21ClN6O3S/c26-20-13-19(5-3-17(20)14-33)36(34,35)31-10-7-18(8-11-31)32-24(30-22-2-1-9-27-25(22)32)16-4-6-21-23(12-16)29-15-28-21/h1-6,9,12-15,18H,7-8,10-11H2,(H,28,29). The first-order valence-electron chi connectivity index (χ1n) is 11.5. The van der Waals surface area contributed by atoms with Crippen molar-refractivity contribution < 1.29 is 13.2 Å². The summed E-state index contributed by atoms with van der Waals surface area (Å²) < 4.78 is 30.1. The number of sulfonamides is 1. The maximum atomic E-state index is 13.3. The third kappa shape index (κ3) is 3.78. The van der Waals surface area contributed by atoms with E-state index in [-0.39, 0.29) is 21.5 Å². The number of carbonyl (C=O) groups excluding carboxylic acids is 1. The second-order valence-corrected chi connectivity index (χ2v) is 11.1. The molecule has 5 aromatic rings. The third-order valence-corrected chi connectivity index (χ3v) is 8.88. The molecule has 36 heavy (non-hydrogen) atoms. The minimum atomic E-state index is -3.74. The Morgan fingerprint density at radius 3 is 2.64 bits per heavy atom. The topological polar surface area (TPSA) is 114 Å². The highest BCUT2D eigenvalue weighted by Crippen LogP contribution is 2.35. The first-order valence-corrected chi connectivity index (χ1v) is 13.3. The number of H-pyrrole nitrogens is 1. The van der Waals surface area contributed by atoms with Gasteiger partial charge in [-0.1, -0.05) is 11.6 Å². The van der Waals surface area contributed by atoms with Gasteiger partial charge in [0.1, 0.15) is 11.3 Å². The predicted molar refractivity (Wildman–Crippen MR) is 136 cm³/mol. The van der Waals surface area contributed by atoms with Crippen molar-refractivity contribution in [3.63, 3.8) is 0 Å². The van der Waals surface area contributed by atoms with E-state index in [2.05, 4.69) is 19.5 Å². The number of hydrogen-bond acceptors (Lipinski definition) is 6. The zero-order valence-electron chi connectivity index (χ0n) is 19.0. The fraction of sp³-hybridized carbons (Fsp3) is 0.200. The number of aldehydes is 1. The Morgan fingerprint density at radius 1 is 1.03 bits per heavy atom. The van der Waals surface area contributed by atoms with E-state index in [1.807, 2.05) is 30.3 Å². The number of pyridine rings is 1. The van der Waals surface area contributed by atoms with Gasteiger partial charge in [0.15, 0.2) is 11.9 Å². The van der Waals surface area contributed by atoms with Crippen LogP contribution < -0.4 is 0 Å². The lowest BCUT2D eigenvalue weighted by Gasteiger charge is -2.32. The number of benzene rings is 2. The van der Waals surface area contributed by atoms with Crippen LogP contribution in [0.4, 0.5) is 0 Å². The Labute approximate surface area is 211 Å². The third-order valence-electron chi connectivity index (χ3n) is 6.65. The zero-order chi connectivity index (χ0) is 24.9. The van der Waals surface area contributed by atoms with Gasteiger partial charge in [-0.2, -0.15) is 4.31 Å². The molecule has 0 radical (unpaired) electrons. The van der Waals surface area contributed by atoms with Crippen molar-refractivity contribution in [1.82, 2.24) is 28.8 Å². The van der Waals surface area contributed by atoms with Gasteiger partial charge in [-0.05, 0) is 61.4 Å². The highest BCUT2D eigenvalue weighted by molar-refractivity contribution is 7.89. The van der Waals surface area contributed by atoms with Gasteiger partial charge in [0.25, 0.3) is 0 Å². The van der Waals surface area contributed by atoms with Gasteiger partial charge in [0.05, 0.1) is 27.3 Å². The molecule has 6 rings (SSSR count). The smallest absolute Gasteiger partial charge is 0.243 e. The molecule has 1 aliphatic rings. The van der Waals surface area contributed by atoms with E-state index in [9.17, 15) is 13.2 Å². The molecule has 9 nitrogen and oxygen atoms in total. The molecular formula is C25H21ClN6O3S. The summed E-state index contributed by atoms with van der Waals surface area (Å²) in [6.07, 6.45) is 5.20. The van der Waals surface area contributed by atoms with Crippen molar-refractivity contribution in [2.75, 3.05) is 13.1 Å². The number of aromatic amines is 1. The normalized spacial score (nSPS) is 15.6. The number of nitrogens with zero attached hydrogens (tertiary/aromatic N) is 5. The number of halogens is 1. The fourth-order valence-corrected chi connectivity index (χ4v) is 6.59. The monoisotopic (exact) mass is 520 g/mol. The summed E-state index contributed by atoms with van der Waals surface area (Å²) in [5.41, 5.74) is 4.53. The van der Waals surface area contributed by atoms with Crippen LogP contribution in [0.1, 0.15) is 29.2 Å². The molecule has 0 spiro atoms. The van der Waals surface area contributed by atoms with E-state index in [1.54, 1.807) is 12.5 Å². The molecule has 0 aliphatic carbocycles. The van der Waals surface area contributed by atoms with E-state index in [1.165, 1.54) is 22.5 Å². The lowest BCUT2D eigenvalue weighted by atomic mass is 10.1. The van der Waals surface area contributed by atoms with Crippen molar-refractivity contribution in [3.05, 3.63) is 71.6 Å². The minimum absolute atomic E-state index is 0.0160. The Bertz CT molecular complexity index is 1720. The molecule has 3 aromatic heterocycles. The molecule has 2 aromatic carbocycles. The average Bonchev–Trinajstić information content (AvgIpc) is 3.53. The summed E-state index contributed by atoms with van der Waals surface area (Å²) in [4.78, 5) is 28.1. The number of hydrogen-bond donors (Lipinski definition) is 1. The summed E-state index contributed by atoms with van der Waals surface area (Å²) in [6, 6.07) is 14.0. The Kier molecular flexibility index (Phi) is 5.59. The molecule has 0 unspecified atom stereocenters. The summed E-state index contributed by atoms with van der Waals surface area (Å²) in [7, 11) is -3.74. The van der Waals surface area contributed by atoms with Crippen molar-refractivity contribution >= 4 is 50.1 Å². The van der Waals surface area contributed by atoms with Gasteiger partial charge >= 0.3 is 0 Å². The van der Waals surface area contributed by atoms with E-state index in [0.29, 0.717) is 32.2 Å².